The van der Waals surface area contributed by atoms with Crippen LogP contribution in [0.15, 0.2) is 24.8 Å². The van der Waals surface area contributed by atoms with Gasteiger partial charge in [0.1, 0.15) is 0 Å². The van der Waals surface area contributed by atoms with Crippen molar-refractivity contribution in [1.29, 1.82) is 0 Å². The Morgan fingerprint density at radius 3 is 1.97 bits per heavy atom. The molecule has 1 nitrogen and oxygen atoms in total. The Morgan fingerprint density at radius 2 is 1.36 bits per heavy atom. The van der Waals surface area contributed by atoms with Crippen LogP contribution in [0.3, 0.4) is 0 Å². The van der Waals surface area contributed by atoms with Gasteiger partial charge in [-0.1, -0.05) is 18.9 Å². The van der Waals surface area contributed by atoms with E-state index in [0.717, 1.165) is 62.0 Å². The second-order valence-corrected chi connectivity index (χ2v) is 10.6. The summed E-state index contributed by atoms with van der Waals surface area (Å²) in [5.41, 5.74) is 0.456. The van der Waals surface area contributed by atoms with E-state index in [9.17, 15) is 22.0 Å². The van der Waals surface area contributed by atoms with E-state index in [2.05, 4.69) is 11.3 Å². The Labute approximate surface area is 193 Å². The molecule has 0 radical (unpaired) electrons. The monoisotopic (exact) mass is 470 g/mol. The zero-order valence-electron chi connectivity index (χ0n) is 19.2. The maximum Gasteiger partial charge on any atom is 0.573 e. The van der Waals surface area contributed by atoms with Gasteiger partial charge in [-0.25, -0.2) is 8.78 Å². The number of fused-ring (bicyclic) bond motifs is 1. The first-order valence-electron chi connectivity index (χ1n) is 12.6. The van der Waals surface area contributed by atoms with Gasteiger partial charge in [-0.3, -0.25) is 0 Å². The topological polar surface area (TPSA) is 9.23 Å². The third kappa shape index (κ3) is 6.10. The molecule has 6 heteroatoms. The average molecular weight is 471 g/mol. The van der Waals surface area contributed by atoms with E-state index < -0.39 is 23.7 Å². The lowest BCUT2D eigenvalue weighted by Gasteiger charge is -2.45. The highest BCUT2D eigenvalue weighted by atomic mass is 19.4. The second-order valence-electron chi connectivity index (χ2n) is 10.6. The molecule has 33 heavy (non-hydrogen) atoms. The van der Waals surface area contributed by atoms with Crippen molar-refractivity contribution >= 4 is 0 Å². The van der Waals surface area contributed by atoms with Crippen LogP contribution in [0.1, 0.15) is 88.5 Å². The summed E-state index contributed by atoms with van der Waals surface area (Å²) in [5.74, 6) is -0.216. The Hall–Kier alpha value is -1.59. The fourth-order valence-corrected chi connectivity index (χ4v) is 6.99. The van der Waals surface area contributed by atoms with Crippen LogP contribution in [-0.2, 0) is 0 Å². The minimum absolute atomic E-state index is 0.00737. The van der Waals surface area contributed by atoms with E-state index in [1.54, 1.807) is 0 Å². The summed E-state index contributed by atoms with van der Waals surface area (Å²) < 4.78 is 69.2. The molecule has 1 aromatic carbocycles. The Bertz CT molecular complexity index is 788. The molecule has 4 unspecified atom stereocenters. The van der Waals surface area contributed by atoms with Crippen LogP contribution in [0.25, 0.3) is 0 Å². The molecule has 3 aliphatic rings. The molecule has 0 saturated heterocycles. The highest BCUT2D eigenvalue weighted by Gasteiger charge is 2.40. The summed E-state index contributed by atoms with van der Waals surface area (Å²) in [4.78, 5) is 0. The number of ether oxygens (including phenoxy) is 1. The van der Waals surface area contributed by atoms with E-state index in [1.165, 1.54) is 44.9 Å². The van der Waals surface area contributed by atoms with E-state index in [-0.39, 0.29) is 5.92 Å². The molecule has 0 N–H and O–H groups in total. The SMILES string of the molecule is C=CCCC1CCC(C2CCC3CC(c4cc(F)c(OC(F)(F)F)c(F)c4)CCC3C2)CC1. The fraction of sp³-hybridized carbons (Fsp3) is 0.704. The van der Waals surface area contributed by atoms with Crippen molar-refractivity contribution in [2.75, 3.05) is 0 Å². The smallest absolute Gasteiger partial charge is 0.399 e. The number of hydrogen-bond donors (Lipinski definition) is 0. The number of halogens is 5. The van der Waals surface area contributed by atoms with Crippen LogP contribution < -0.4 is 4.74 Å². The van der Waals surface area contributed by atoms with Gasteiger partial charge in [0.05, 0.1) is 0 Å². The summed E-state index contributed by atoms with van der Waals surface area (Å²) in [7, 11) is 0. The number of rotatable bonds is 6. The minimum Gasteiger partial charge on any atom is -0.399 e. The Balaban J connectivity index is 1.32. The van der Waals surface area contributed by atoms with Crippen molar-refractivity contribution in [3.05, 3.63) is 42.0 Å². The molecule has 3 saturated carbocycles. The molecule has 0 aromatic heterocycles. The molecule has 4 atom stereocenters. The third-order valence-corrected chi connectivity index (χ3v) is 8.70. The molecule has 4 rings (SSSR count). The van der Waals surface area contributed by atoms with Gasteiger partial charge in [0, 0.05) is 0 Å². The molecule has 3 fully saturated rings. The zero-order chi connectivity index (χ0) is 23.6. The van der Waals surface area contributed by atoms with Gasteiger partial charge in [0.25, 0.3) is 0 Å². The van der Waals surface area contributed by atoms with Gasteiger partial charge in [-0.05, 0) is 117 Å². The molecular weight excluding hydrogens is 435 g/mol. The van der Waals surface area contributed by atoms with Gasteiger partial charge in [0.15, 0.2) is 11.6 Å². The van der Waals surface area contributed by atoms with Gasteiger partial charge in [-0.15, -0.1) is 19.8 Å². The number of benzene rings is 1. The number of alkyl halides is 3. The molecule has 0 bridgehead atoms. The van der Waals surface area contributed by atoms with E-state index in [1.807, 2.05) is 6.08 Å². The van der Waals surface area contributed by atoms with Crippen molar-refractivity contribution < 1.29 is 26.7 Å². The summed E-state index contributed by atoms with van der Waals surface area (Å²) >= 11 is 0. The van der Waals surface area contributed by atoms with Gasteiger partial charge >= 0.3 is 6.36 Å². The third-order valence-electron chi connectivity index (χ3n) is 8.70. The van der Waals surface area contributed by atoms with Crippen LogP contribution in [0.4, 0.5) is 22.0 Å². The van der Waals surface area contributed by atoms with Crippen molar-refractivity contribution in [1.82, 2.24) is 0 Å². The molecule has 3 aliphatic carbocycles. The molecule has 1 aromatic rings. The first-order valence-corrected chi connectivity index (χ1v) is 12.6. The predicted molar refractivity (Wildman–Crippen MR) is 119 cm³/mol. The van der Waals surface area contributed by atoms with Crippen LogP contribution >= 0.6 is 0 Å². The Morgan fingerprint density at radius 1 is 0.818 bits per heavy atom. The summed E-state index contributed by atoms with van der Waals surface area (Å²) in [6.45, 7) is 3.84. The van der Waals surface area contributed by atoms with Crippen LogP contribution in [-0.4, -0.2) is 6.36 Å². The van der Waals surface area contributed by atoms with Gasteiger partial charge in [-0.2, -0.15) is 0 Å². The molecule has 184 valence electrons. The van der Waals surface area contributed by atoms with Crippen LogP contribution in [0.2, 0.25) is 0 Å². The maximum atomic E-state index is 14.2. The van der Waals surface area contributed by atoms with Crippen LogP contribution in [0.5, 0.6) is 5.75 Å². The lowest BCUT2D eigenvalue weighted by atomic mass is 9.60. The average Bonchev–Trinajstić information content (AvgIpc) is 2.79. The van der Waals surface area contributed by atoms with Crippen molar-refractivity contribution in [2.45, 2.75) is 89.3 Å². The quantitative estimate of drug-likeness (QED) is 0.298. The second kappa shape index (κ2) is 10.4. The number of allylic oxidation sites excluding steroid dienone is 1. The summed E-state index contributed by atoms with van der Waals surface area (Å²) in [5, 5.41) is 0. The molecular formula is C27H35F5O. The Kier molecular flexibility index (Phi) is 7.69. The van der Waals surface area contributed by atoms with E-state index in [4.69, 9.17) is 0 Å². The summed E-state index contributed by atoms with van der Waals surface area (Å²) in [6, 6.07) is 2.07. The van der Waals surface area contributed by atoms with E-state index >= 15 is 0 Å². The first-order chi connectivity index (χ1) is 15.7. The fourth-order valence-electron chi connectivity index (χ4n) is 6.99. The lowest BCUT2D eigenvalue weighted by molar-refractivity contribution is -0.276. The first kappa shape index (κ1) is 24.5. The molecule has 0 spiro atoms. The molecule has 0 aliphatic heterocycles. The van der Waals surface area contributed by atoms with Crippen molar-refractivity contribution in [3.63, 3.8) is 0 Å². The summed E-state index contributed by atoms with van der Waals surface area (Å²) in [6.07, 6.45) is 11.1. The zero-order valence-corrected chi connectivity index (χ0v) is 19.2. The predicted octanol–water partition coefficient (Wildman–Crippen LogP) is 8.94. The van der Waals surface area contributed by atoms with Gasteiger partial charge in [0.2, 0.25) is 5.75 Å². The van der Waals surface area contributed by atoms with Crippen molar-refractivity contribution in [2.24, 2.45) is 29.6 Å². The van der Waals surface area contributed by atoms with Gasteiger partial charge < -0.3 is 4.74 Å². The molecule has 0 amide bonds. The maximum absolute atomic E-state index is 14.2. The normalized spacial score (nSPS) is 32.8. The largest absolute Gasteiger partial charge is 0.573 e. The molecule has 0 heterocycles. The minimum atomic E-state index is -5.12. The van der Waals surface area contributed by atoms with E-state index in [0.29, 0.717) is 17.4 Å². The number of hydrogen-bond acceptors (Lipinski definition) is 1. The highest BCUT2D eigenvalue weighted by Crippen LogP contribution is 2.51. The van der Waals surface area contributed by atoms with Crippen molar-refractivity contribution in [3.8, 4) is 5.75 Å². The highest BCUT2D eigenvalue weighted by molar-refractivity contribution is 5.33. The van der Waals surface area contributed by atoms with Crippen LogP contribution in [0, 0.1) is 41.2 Å². The lowest BCUT2D eigenvalue weighted by Crippen LogP contribution is -2.34. The standard InChI is InChI=1S/C27H35F5O/c1-2-3-4-17-5-7-18(8-6-17)19-9-10-21-14-22(12-11-20(21)13-19)23-15-24(28)26(25(29)16-23)33-27(30,31)32/h2,15-22H,1,3-14H2.